The van der Waals surface area contributed by atoms with E-state index in [-0.39, 0.29) is 17.2 Å². The minimum Gasteiger partial charge on any atom is -0.492 e. The number of aryl methyl sites for hydroxylation is 1. The fourth-order valence-corrected chi connectivity index (χ4v) is 4.70. The molecule has 0 spiro atoms. The van der Waals surface area contributed by atoms with E-state index in [1.54, 1.807) is 10.6 Å². The third kappa shape index (κ3) is 4.87. The standard InChI is InChI=1S/C26H28N4O3S/c1-4-15-30-25(32)24-23(19(16-29(24)3)18-11-7-6-8-12-18)28-26(30)34-17-22(31)27-20-13-9-10-14-21(20)33-5-2/h6-14,16H,4-5,15,17H2,1-3H3,(H,27,31). The number of aromatic nitrogens is 3. The van der Waals surface area contributed by atoms with Crippen molar-refractivity contribution in [3.63, 3.8) is 0 Å². The second kappa shape index (κ2) is 10.6. The molecular weight excluding hydrogens is 448 g/mol. The van der Waals surface area contributed by atoms with Crippen molar-refractivity contribution in [3.8, 4) is 16.9 Å². The average Bonchev–Trinajstić information content (AvgIpc) is 3.18. The lowest BCUT2D eigenvalue weighted by molar-refractivity contribution is -0.113. The Morgan fingerprint density at radius 1 is 1.09 bits per heavy atom. The van der Waals surface area contributed by atoms with Gasteiger partial charge in [-0.15, -0.1) is 0 Å². The van der Waals surface area contributed by atoms with E-state index in [4.69, 9.17) is 9.72 Å². The number of fused-ring (bicyclic) bond motifs is 1. The van der Waals surface area contributed by atoms with Crippen molar-refractivity contribution in [2.75, 3.05) is 17.7 Å². The first-order valence-electron chi connectivity index (χ1n) is 11.3. The first-order valence-corrected chi connectivity index (χ1v) is 12.3. The number of benzene rings is 2. The summed E-state index contributed by atoms with van der Waals surface area (Å²) in [5.74, 6) is 0.559. The van der Waals surface area contributed by atoms with Gasteiger partial charge in [0.15, 0.2) is 5.16 Å². The number of para-hydroxylation sites is 2. The van der Waals surface area contributed by atoms with E-state index in [1.807, 2.05) is 80.2 Å². The van der Waals surface area contributed by atoms with Crippen LogP contribution in [0.4, 0.5) is 5.69 Å². The zero-order chi connectivity index (χ0) is 24.1. The second-order valence-corrected chi connectivity index (χ2v) is 8.78. The van der Waals surface area contributed by atoms with Crippen molar-refractivity contribution >= 4 is 34.4 Å². The van der Waals surface area contributed by atoms with Crippen molar-refractivity contribution in [1.82, 2.24) is 14.1 Å². The summed E-state index contributed by atoms with van der Waals surface area (Å²) in [5, 5.41) is 3.44. The van der Waals surface area contributed by atoms with Gasteiger partial charge in [0.2, 0.25) is 5.91 Å². The van der Waals surface area contributed by atoms with Gasteiger partial charge < -0.3 is 14.6 Å². The van der Waals surface area contributed by atoms with Gasteiger partial charge >= 0.3 is 0 Å². The molecule has 0 unspecified atom stereocenters. The third-order valence-electron chi connectivity index (χ3n) is 5.37. The number of hydrogen-bond donors (Lipinski definition) is 1. The van der Waals surface area contributed by atoms with Crippen LogP contribution in [0.5, 0.6) is 5.75 Å². The van der Waals surface area contributed by atoms with Gasteiger partial charge in [-0.05, 0) is 31.0 Å². The summed E-state index contributed by atoms with van der Waals surface area (Å²) in [4.78, 5) is 31.1. The number of ether oxygens (including phenoxy) is 1. The predicted octanol–water partition coefficient (Wildman–Crippen LogP) is 4.94. The van der Waals surface area contributed by atoms with Gasteiger partial charge in [-0.25, -0.2) is 4.98 Å². The Labute approximate surface area is 202 Å². The Morgan fingerprint density at radius 2 is 1.82 bits per heavy atom. The van der Waals surface area contributed by atoms with Crippen LogP contribution in [0.15, 0.2) is 70.7 Å². The molecule has 0 aliphatic carbocycles. The molecule has 0 saturated heterocycles. The molecule has 0 aliphatic heterocycles. The molecular formula is C26H28N4O3S. The predicted molar refractivity (Wildman–Crippen MR) is 138 cm³/mol. The second-order valence-electron chi connectivity index (χ2n) is 7.83. The Balaban J connectivity index is 1.66. The Kier molecular flexibility index (Phi) is 7.37. The van der Waals surface area contributed by atoms with E-state index in [0.717, 1.165) is 17.5 Å². The van der Waals surface area contributed by atoms with Crippen LogP contribution in [0.2, 0.25) is 0 Å². The van der Waals surface area contributed by atoms with Gasteiger partial charge in [0.25, 0.3) is 5.56 Å². The Bertz CT molecular complexity index is 1360. The highest BCUT2D eigenvalue weighted by atomic mass is 32.2. The maximum Gasteiger partial charge on any atom is 0.278 e. The number of hydrogen-bond acceptors (Lipinski definition) is 5. The summed E-state index contributed by atoms with van der Waals surface area (Å²) >= 11 is 1.27. The fourth-order valence-electron chi connectivity index (χ4n) is 3.88. The van der Waals surface area contributed by atoms with Gasteiger partial charge in [-0.1, -0.05) is 61.2 Å². The van der Waals surface area contributed by atoms with Crippen molar-refractivity contribution in [3.05, 3.63) is 71.1 Å². The van der Waals surface area contributed by atoms with E-state index >= 15 is 0 Å². The van der Waals surface area contributed by atoms with Crippen LogP contribution >= 0.6 is 11.8 Å². The molecule has 0 atom stereocenters. The van der Waals surface area contributed by atoms with E-state index in [9.17, 15) is 9.59 Å². The molecule has 34 heavy (non-hydrogen) atoms. The Morgan fingerprint density at radius 3 is 2.56 bits per heavy atom. The van der Waals surface area contributed by atoms with Crippen molar-refractivity contribution in [2.45, 2.75) is 32.0 Å². The van der Waals surface area contributed by atoms with Gasteiger partial charge in [0, 0.05) is 25.4 Å². The number of carbonyl (C=O) groups excluding carboxylic acids is 1. The molecule has 0 saturated carbocycles. The van der Waals surface area contributed by atoms with Crippen molar-refractivity contribution < 1.29 is 9.53 Å². The molecule has 0 fully saturated rings. The summed E-state index contributed by atoms with van der Waals surface area (Å²) < 4.78 is 9.10. The molecule has 2 aromatic carbocycles. The lowest BCUT2D eigenvalue weighted by Gasteiger charge is -2.13. The summed E-state index contributed by atoms with van der Waals surface area (Å²) in [7, 11) is 1.87. The normalized spacial score (nSPS) is 11.0. The van der Waals surface area contributed by atoms with Crippen molar-refractivity contribution in [1.29, 1.82) is 0 Å². The topological polar surface area (TPSA) is 78.2 Å². The molecule has 8 heteroatoms. The molecule has 1 N–H and O–H groups in total. The number of rotatable bonds is 9. The number of carbonyl (C=O) groups is 1. The highest BCUT2D eigenvalue weighted by molar-refractivity contribution is 7.99. The molecule has 1 amide bonds. The zero-order valence-electron chi connectivity index (χ0n) is 19.6. The maximum absolute atomic E-state index is 13.4. The summed E-state index contributed by atoms with van der Waals surface area (Å²) in [5.41, 5.74) is 3.63. The molecule has 176 valence electrons. The van der Waals surface area contributed by atoms with Crippen LogP contribution in [-0.2, 0) is 18.4 Å². The quantitative estimate of drug-likeness (QED) is 0.273. The average molecular weight is 477 g/mol. The summed E-state index contributed by atoms with van der Waals surface area (Å²) in [6, 6.07) is 17.2. The van der Waals surface area contributed by atoms with Crippen LogP contribution in [-0.4, -0.2) is 32.4 Å². The molecule has 0 bridgehead atoms. The number of anilines is 1. The number of thioether (sulfide) groups is 1. The highest BCUT2D eigenvalue weighted by Gasteiger charge is 2.19. The van der Waals surface area contributed by atoms with Crippen LogP contribution in [0.25, 0.3) is 22.2 Å². The Hall–Kier alpha value is -3.52. The van der Waals surface area contributed by atoms with Crippen LogP contribution in [0.1, 0.15) is 20.3 Å². The fraction of sp³-hybridized carbons (Fsp3) is 0.269. The van der Waals surface area contributed by atoms with Crippen LogP contribution in [0.3, 0.4) is 0 Å². The number of amides is 1. The van der Waals surface area contributed by atoms with Gasteiger partial charge in [-0.3, -0.25) is 14.2 Å². The first-order chi connectivity index (χ1) is 16.5. The third-order valence-corrected chi connectivity index (χ3v) is 6.34. The molecule has 4 aromatic rings. The lowest BCUT2D eigenvalue weighted by Crippen LogP contribution is -2.25. The summed E-state index contributed by atoms with van der Waals surface area (Å²) in [6.07, 6.45) is 2.72. The minimum atomic E-state index is -0.189. The number of nitrogens with zero attached hydrogens (tertiary/aromatic N) is 3. The lowest BCUT2D eigenvalue weighted by atomic mass is 10.1. The molecule has 7 nitrogen and oxygen atoms in total. The van der Waals surface area contributed by atoms with E-state index < -0.39 is 0 Å². The van der Waals surface area contributed by atoms with Crippen LogP contribution in [0, 0.1) is 0 Å². The van der Waals surface area contributed by atoms with Gasteiger partial charge in [0.1, 0.15) is 16.8 Å². The monoisotopic (exact) mass is 476 g/mol. The smallest absolute Gasteiger partial charge is 0.278 e. The molecule has 0 aliphatic rings. The molecule has 0 radical (unpaired) electrons. The van der Waals surface area contributed by atoms with Crippen molar-refractivity contribution in [2.24, 2.45) is 7.05 Å². The summed E-state index contributed by atoms with van der Waals surface area (Å²) in [6.45, 7) is 4.96. The van der Waals surface area contributed by atoms with Gasteiger partial charge in [-0.2, -0.15) is 0 Å². The number of nitrogens with one attached hydrogen (secondary N) is 1. The van der Waals surface area contributed by atoms with Gasteiger partial charge in [0.05, 0.1) is 18.0 Å². The van der Waals surface area contributed by atoms with E-state index in [2.05, 4.69) is 5.32 Å². The van der Waals surface area contributed by atoms with E-state index in [0.29, 0.717) is 40.8 Å². The van der Waals surface area contributed by atoms with E-state index in [1.165, 1.54) is 11.8 Å². The maximum atomic E-state index is 13.4. The minimum absolute atomic E-state index is 0.0962. The molecule has 2 heterocycles. The molecule has 4 rings (SSSR count). The molecule has 2 aromatic heterocycles. The first kappa shape index (κ1) is 23.6. The zero-order valence-corrected chi connectivity index (χ0v) is 20.4. The SMILES string of the molecule is CCCn1c(SCC(=O)Nc2ccccc2OCC)nc2c(-c3ccccc3)cn(C)c2c1=O. The van der Waals surface area contributed by atoms with Crippen LogP contribution < -0.4 is 15.6 Å². The highest BCUT2D eigenvalue weighted by Crippen LogP contribution is 2.29. The largest absolute Gasteiger partial charge is 0.492 e.